The van der Waals surface area contributed by atoms with Crippen molar-refractivity contribution in [1.82, 2.24) is 20.2 Å². The number of carbonyl (C=O) groups is 1. The van der Waals surface area contributed by atoms with Crippen molar-refractivity contribution in [2.45, 2.75) is 38.5 Å². The second-order valence-corrected chi connectivity index (χ2v) is 7.74. The van der Waals surface area contributed by atoms with Gasteiger partial charge in [0.05, 0.1) is 0 Å². The van der Waals surface area contributed by atoms with Crippen molar-refractivity contribution in [3.63, 3.8) is 0 Å². The van der Waals surface area contributed by atoms with Gasteiger partial charge in [-0.05, 0) is 30.2 Å². The smallest absolute Gasteiger partial charge is 0.303 e. The van der Waals surface area contributed by atoms with Gasteiger partial charge in [-0.1, -0.05) is 6.92 Å². The number of carboxylic acid groups (broad SMARTS) is 1. The number of aliphatic carboxylic acids is 1. The van der Waals surface area contributed by atoms with Crippen LogP contribution in [0, 0.1) is 5.92 Å². The van der Waals surface area contributed by atoms with E-state index in [9.17, 15) is 13.2 Å². The van der Waals surface area contributed by atoms with Crippen LogP contribution in [0.5, 0.6) is 0 Å². The molecule has 1 heterocycles. The van der Waals surface area contributed by atoms with Crippen LogP contribution in [0.2, 0.25) is 0 Å². The third-order valence-electron chi connectivity index (χ3n) is 3.01. The highest BCUT2D eigenvalue weighted by atomic mass is 32.2. The maximum absolute atomic E-state index is 11.8. The second-order valence-electron chi connectivity index (χ2n) is 5.17. The van der Waals surface area contributed by atoms with Gasteiger partial charge in [-0.15, -0.1) is 5.10 Å². The highest BCUT2D eigenvalue weighted by Crippen LogP contribution is 2.26. The largest absolute Gasteiger partial charge is 0.481 e. The molecule has 0 radical (unpaired) electrons. The number of rotatable bonds is 6. The van der Waals surface area contributed by atoms with Gasteiger partial charge in [0.15, 0.2) is 15.7 Å². The SMILES string of the molecule is CC(CC(=O)O)Cn1nnnc1C(C)(C)S(C)(=O)=O. The minimum absolute atomic E-state index is 0.0292. The Labute approximate surface area is 111 Å². The monoisotopic (exact) mass is 290 g/mol. The summed E-state index contributed by atoms with van der Waals surface area (Å²) in [6, 6.07) is 0. The average Bonchev–Trinajstić information content (AvgIpc) is 2.62. The summed E-state index contributed by atoms with van der Waals surface area (Å²) >= 11 is 0. The molecule has 0 fully saturated rings. The van der Waals surface area contributed by atoms with Crippen LogP contribution in [0.4, 0.5) is 0 Å². The van der Waals surface area contributed by atoms with Gasteiger partial charge in [-0.3, -0.25) is 4.79 Å². The van der Waals surface area contributed by atoms with Crippen LogP contribution in [0.1, 0.15) is 33.0 Å². The highest BCUT2D eigenvalue weighted by molar-refractivity contribution is 7.91. The van der Waals surface area contributed by atoms with Crippen LogP contribution in [0.3, 0.4) is 0 Å². The van der Waals surface area contributed by atoms with E-state index in [0.29, 0.717) is 0 Å². The quantitative estimate of drug-likeness (QED) is 0.787. The topological polar surface area (TPSA) is 115 Å². The van der Waals surface area contributed by atoms with Crippen LogP contribution in [-0.4, -0.2) is 46.0 Å². The van der Waals surface area contributed by atoms with Crippen molar-refractivity contribution in [2.75, 3.05) is 6.26 Å². The Bertz CT molecular complexity index is 564. The zero-order chi connectivity index (χ0) is 14.8. The Hall–Kier alpha value is -1.51. The van der Waals surface area contributed by atoms with Crippen molar-refractivity contribution < 1.29 is 18.3 Å². The summed E-state index contributed by atoms with van der Waals surface area (Å²) in [4.78, 5) is 10.6. The van der Waals surface area contributed by atoms with Gasteiger partial charge >= 0.3 is 5.97 Å². The lowest BCUT2D eigenvalue weighted by molar-refractivity contribution is -0.138. The van der Waals surface area contributed by atoms with Gasteiger partial charge in [-0.25, -0.2) is 13.1 Å². The van der Waals surface area contributed by atoms with Gasteiger partial charge in [0.2, 0.25) is 0 Å². The van der Waals surface area contributed by atoms with Crippen LogP contribution < -0.4 is 0 Å². The fourth-order valence-electron chi connectivity index (χ4n) is 1.58. The number of tetrazole rings is 1. The number of hydrogen-bond donors (Lipinski definition) is 1. The van der Waals surface area contributed by atoms with Gasteiger partial charge in [0.25, 0.3) is 0 Å². The van der Waals surface area contributed by atoms with Gasteiger partial charge in [0.1, 0.15) is 4.75 Å². The zero-order valence-electron chi connectivity index (χ0n) is 11.4. The third-order valence-corrected chi connectivity index (χ3v) is 5.04. The van der Waals surface area contributed by atoms with Crippen molar-refractivity contribution >= 4 is 15.8 Å². The summed E-state index contributed by atoms with van der Waals surface area (Å²) < 4.78 is 23.7. The molecule has 0 aliphatic rings. The molecule has 0 aliphatic carbocycles. The normalized spacial score (nSPS) is 14.3. The number of nitrogens with zero attached hydrogens (tertiary/aromatic N) is 4. The molecule has 0 spiro atoms. The van der Waals surface area contributed by atoms with Gasteiger partial charge < -0.3 is 5.11 Å². The molecule has 1 aromatic rings. The van der Waals surface area contributed by atoms with E-state index in [1.54, 1.807) is 6.92 Å². The van der Waals surface area contributed by atoms with E-state index in [2.05, 4.69) is 15.5 Å². The van der Waals surface area contributed by atoms with E-state index in [1.807, 2.05) is 0 Å². The number of aromatic nitrogens is 4. The lowest BCUT2D eigenvalue weighted by Crippen LogP contribution is -2.33. The van der Waals surface area contributed by atoms with E-state index < -0.39 is 20.6 Å². The van der Waals surface area contributed by atoms with Crippen LogP contribution in [-0.2, 0) is 25.9 Å². The fraction of sp³-hybridized carbons (Fsp3) is 0.800. The minimum Gasteiger partial charge on any atom is -0.481 e. The summed E-state index contributed by atoms with van der Waals surface area (Å²) in [6.45, 7) is 5.04. The Morgan fingerprint density at radius 2 is 2.05 bits per heavy atom. The molecule has 19 heavy (non-hydrogen) atoms. The molecular formula is C10H18N4O4S. The lowest BCUT2D eigenvalue weighted by atomic mass is 10.1. The van der Waals surface area contributed by atoms with Crippen LogP contribution >= 0.6 is 0 Å². The van der Waals surface area contributed by atoms with Crippen LogP contribution in [0.15, 0.2) is 0 Å². The second kappa shape index (κ2) is 5.24. The number of carboxylic acids is 1. The maximum Gasteiger partial charge on any atom is 0.303 e. The molecule has 1 unspecified atom stereocenters. The first-order valence-corrected chi connectivity index (χ1v) is 7.63. The van der Waals surface area contributed by atoms with Gasteiger partial charge in [0, 0.05) is 19.2 Å². The molecular weight excluding hydrogens is 272 g/mol. The summed E-state index contributed by atoms with van der Waals surface area (Å²) in [5, 5.41) is 19.7. The molecule has 8 nitrogen and oxygen atoms in total. The molecule has 1 aromatic heterocycles. The fourth-order valence-corrected chi connectivity index (χ4v) is 2.06. The Kier molecular flexibility index (Phi) is 4.28. The first-order valence-electron chi connectivity index (χ1n) is 5.73. The predicted octanol–water partition coefficient (Wildman–Crippen LogP) is 0.0636. The Balaban J connectivity index is 3.02. The van der Waals surface area contributed by atoms with E-state index in [-0.39, 0.29) is 24.7 Å². The molecule has 1 atom stereocenters. The summed E-state index contributed by atoms with van der Waals surface area (Å²) in [6.07, 6.45) is 1.09. The third kappa shape index (κ3) is 3.49. The van der Waals surface area contributed by atoms with E-state index in [0.717, 1.165) is 6.26 Å². The van der Waals surface area contributed by atoms with Crippen molar-refractivity contribution in [3.05, 3.63) is 5.82 Å². The minimum atomic E-state index is -3.39. The molecule has 1 rings (SSSR count). The zero-order valence-corrected chi connectivity index (χ0v) is 12.2. The summed E-state index contributed by atoms with van der Waals surface area (Å²) in [5.74, 6) is -0.896. The molecule has 0 aromatic carbocycles. The number of hydrogen-bond acceptors (Lipinski definition) is 6. The van der Waals surface area contributed by atoms with Gasteiger partial charge in [-0.2, -0.15) is 0 Å². The maximum atomic E-state index is 11.8. The molecule has 0 bridgehead atoms. The first-order chi connectivity index (χ1) is 8.55. The molecule has 1 N–H and O–H groups in total. The van der Waals surface area contributed by atoms with E-state index in [1.165, 1.54) is 18.5 Å². The molecule has 0 amide bonds. The van der Waals surface area contributed by atoms with Crippen molar-refractivity contribution in [2.24, 2.45) is 5.92 Å². The summed E-state index contributed by atoms with van der Waals surface area (Å²) in [7, 11) is -3.39. The molecule has 0 saturated carbocycles. The Morgan fingerprint density at radius 3 is 2.53 bits per heavy atom. The predicted molar refractivity (Wildman–Crippen MR) is 67.1 cm³/mol. The Morgan fingerprint density at radius 1 is 1.47 bits per heavy atom. The first kappa shape index (κ1) is 15.5. The van der Waals surface area contributed by atoms with E-state index in [4.69, 9.17) is 5.11 Å². The molecule has 108 valence electrons. The highest BCUT2D eigenvalue weighted by Gasteiger charge is 2.38. The average molecular weight is 290 g/mol. The number of sulfone groups is 1. The van der Waals surface area contributed by atoms with Crippen molar-refractivity contribution in [1.29, 1.82) is 0 Å². The standard InChI is InChI=1S/C10H18N4O4S/c1-7(5-8(15)16)6-14-9(11-12-13-14)10(2,3)19(4,17)18/h7H,5-6H2,1-4H3,(H,15,16). The molecule has 0 aliphatic heterocycles. The lowest BCUT2D eigenvalue weighted by Gasteiger charge is -2.22. The molecule has 9 heteroatoms. The van der Waals surface area contributed by atoms with Crippen molar-refractivity contribution in [3.8, 4) is 0 Å². The van der Waals surface area contributed by atoms with Crippen LogP contribution in [0.25, 0.3) is 0 Å². The molecule has 0 saturated heterocycles. The summed E-state index contributed by atoms with van der Waals surface area (Å²) in [5.41, 5.74) is 0. The van der Waals surface area contributed by atoms with E-state index >= 15 is 0 Å².